The van der Waals surface area contributed by atoms with Crippen LogP contribution in [0.5, 0.6) is 16.7 Å². The lowest BCUT2D eigenvalue weighted by Crippen LogP contribution is -2.41. The van der Waals surface area contributed by atoms with Gasteiger partial charge in [-0.3, -0.25) is 4.79 Å². The number of carbonyl (C=O) groups is 1. The molecule has 0 N–H and O–H groups in total. The van der Waals surface area contributed by atoms with Gasteiger partial charge in [0.1, 0.15) is 28.9 Å². The maximum Gasteiger partial charge on any atom is 0.274 e. The van der Waals surface area contributed by atoms with Crippen molar-refractivity contribution in [3.05, 3.63) is 83.9 Å². The fraction of sp³-hybridized carbons (Fsp3) is 0.200. The molecule has 8 heteroatoms. The Morgan fingerprint density at radius 2 is 1.73 bits per heavy atom. The van der Waals surface area contributed by atoms with Gasteiger partial charge in [-0.2, -0.15) is 4.98 Å². The van der Waals surface area contributed by atoms with Crippen molar-refractivity contribution >= 4 is 27.5 Å². The number of carbonyl (C=O) groups excluding carboxylic acids is 1. The lowest BCUT2D eigenvalue weighted by molar-refractivity contribution is 0.0595. The van der Waals surface area contributed by atoms with Crippen LogP contribution in [0.4, 0.5) is 8.78 Å². The monoisotopic (exact) mass is 466 g/mol. The first-order valence-electron chi connectivity index (χ1n) is 10.6. The van der Waals surface area contributed by atoms with E-state index in [1.165, 1.54) is 6.07 Å². The second kappa shape index (κ2) is 9.15. The highest BCUT2D eigenvalue weighted by Gasteiger charge is 2.26. The van der Waals surface area contributed by atoms with Crippen LogP contribution in [0.15, 0.2) is 66.7 Å². The highest BCUT2D eigenvalue weighted by molar-refractivity contribution is 7.20. The third-order valence-corrected chi connectivity index (χ3v) is 6.34. The van der Waals surface area contributed by atoms with Crippen LogP contribution in [0, 0.1) is 11.6 Å². The van der Waals surface area contributed by atoms with Crippen LogP contribution >= 0.6 is 11.3 Å². The van der Waals surface area contributed by atoms with Crippen LogP contribution in [0.25, 0.3) is 10.2 Å². The molecule has 0 radical (unpaired) electrons. The highest BCUT2D eigenvalue weighted by atomic mass is 32.1. The molecule has 1 aliphatic heterocycles. The SMILES string of the molecule is O=C(c1cccc(Oc2ccccc2)c1)N1CCC(Oc2nc3c(F)cc(F)cc3s2)CC1. The number of amides is 1. The largest absolute Gasteiger partial charge is 0.467 e. The number of aromatic nitrogens is 1. The number of benzene rings is 3. The van der Waals surface area contributed by atoms with Gasteiger partial charge in [0.15, 0.2) is 5.82 Å². The number of fused-ring (bicyclic) bond motifs is 1. The van der Waals surface area contributed by atoms with Crippen molar-refractivity contribution in [3.63, 3.8) is 0 Å². The van der Waals surface area contributed by atoms with E-state index in [2.05, 4.69) is 4.98 Å². The summed E-state index contributed by atoms with van der Waals surface area (Å²) in [5.41, 5.74) is 0.674. The fourth-order valence-corrected chi connectivity index (χ4v) is 4.73. The minimum atomic E-state index is -0.699. The zero-order valence-electron chi connectivity index (χ0n) is 17.5. The second-order valence-electron chi connectivity index (χ2n) is 7.77. The highest BCUT2D eigenvalue weighted by Crippen LogP contribution is 2.32. The number of hydrogen-bond donors (Lipinski definition) is 0. The molecule has 2 heterocycles. The summed E-state index contributed by atoms with van der Waals surface area (Å²) < 4.78 is 39.5. The Morgan fingerprint density at radius 1 is 0.970 bits per heavy atom. The molecular formula is C25H20F2N2O3S. The Kier molecular flexibility index (Phi) is 5.92. The van der Waals surface area contributed by atoms with Crippen molar-refractivity contribution in [2.75, 3.05) is 13.1 Å². The van der Waals surface area contributed by atoms with Crippen LogP contribution in [-0.4, -0.2) is 35.0 Å². The van der Waals surface area contributed by atoms with Gasteiger partial charge in [-0.25, -0.2) is 8.78 Å². The number of nitrogens with zero attached hydrogens (tertiary/aromatic N) is 2. The molecule has 0 unspecified atom stereocenters. The zero-order valence-corrected chi connectivity index (χ0v) is 18.4. The van der Waals surface area contributed by atoms with Gasteiger partial charge in [0, 0.05) is 37.6 Å². The molecule has 0 bridgehead atoms. The normalized spacial score (nSPS) is 14.4. The second-order valence-corrected chi connectivity index (χ2v) is 8.76. The average molecular weight is 467 g/mol. The van der Waals surface area contributed by atoms with Crippen molar-refractivity contribution in [1.82, 2.24) is 9.88 Å². The van der Waals surface area contributed by atoms with E-state index < -0.39 is 11.6 Å². The van der Waals surface area contributed by atoms with Crippen molar-refractivity contribution in [2.45, 2.75) is 18.9 Å². The molecule has 1 aromatic heterocycles. The summed E-state index contributed by atoms with van der Waals surface area (Å²) in [6, 6.07) is 18.6. The molecule has 5 nitrogen and oxygen atoms in total. The van der Waals surface area contributed by atoms with E-state index in [4.69, 9.17) is 9.47 Å². The van der Waals surface area contributed by atoms with Gasteiger partial charge in [0.25, 0.3) is 11.1 Å². The van der Waals surface area contributed by atoms with E-state index in [-0.39, 0.29) is 17.5 Å². The van der Waals surface area contributed by atoms with E-state index in [1.54, 1.807) is 23.1 Å². The summed E-state index contributed by atoms with van der Waals surface area (Å²) in [7, 11) is 0. The molecular weight excluding hydrogens is 446 g/mol. The molecule has 0 saturated carbocycles. The summed E-state index contributed by atoms with van der Waals surface area (Å²) in [5, 5.41) is 0.310. The van der Waals surface area contributed by atoms with E-state index in [1.807, 2.05) is 36.4 Å². The Morgan fingerprint density at radius 3 is 2.52 bits per heavy atom. The molecule has 168 valence electrons. The molecule has 0 spiro atoms. The van der Waals surface area contributed by atoms with E-state index in [0.717, 1.165) is 17.4 Å². The summed E-state index contributed by atoms with van der Waals surface area (Å²) in [4.78, 5) is 18.9. The molecule has 1 saturated heterocycles. The Balaban J connectivity index is 1.20. The Hall–Kier alpha value is -3.52. The predicted molar refractivity (Wildman–Crippen MR) is 122 cm³/mol. The molecule has 1 amide bonds. The number of likely N-dealkylation sites (tertiary alicyclic amines) is 1. The van der Waals surface area contributed by atoms with Crippen molar-refractivity contribution in [3.8, 4) is 16.7 Å². The summed E-state index contributed by atoms with van der Waals surface area (Å²) in [6.07, 6.45) is 1.10. The standard InChI is InChI=1S/C25H20F2N2O3S/c26-17-14-21(27)23-22(15-17)33-25(28-23)32-19-9-11-29(12-10-19)24(30)16-5-4-8-20(13-16)31-18-6-2-1-3-7-18/h1-8,13-15,19H,9-12H2. The van der Waals surface area contributed by atoms with Crippen LogP contribution in [-0.2, 0) is 0 Å². The van der Waals surface area contributed by atoms with Crippen LogP contribution in [0.3, 0.4) is 0 Å². The van der Waals surface area contributed by atoms with Gasteiger partial charge in [-0.15, -0.1) is 0 Å². The summed E-state index contributed by atoms with van der Waals surface area (Å²) >= 11 is 1.12. The van der Waals surface area contributed by atoms with Crippen LogP contribution in [0.1, 0.15) is 23.2 Å². The summed E-state index contributed by atoms with van der Waals surface area (Å²) in [5.74, 6) is -0.0953. The molecule has 1 aliphatic rings. The number of hydrogen-bond acceptors (Lipinski definition) is 5. The van der Waals surface area contributed by atoms with Gasteiger partial charge >= 0.3 is 0 Å². The molecule has 0 aliphatic carbocycles. The van der Waals surface area contributed by atoms with Gasteiger partial charge in [0.2, 0.25) is 0 Å². The zero-order chi connectivity index (χ0) is 22.8. The minimum Gasteiger partial charge on any atom is -0.467 e. The first kappa shape index (κ1) is 21.3. The maximum absolute atomic E-state index is 13.9. The maximum atomic E-state index is 13.9. The Bertz CT molecular complexity index is 1290. The van der Waals surface area contributed by atoms with Crippen molar-refractivity contribution in [2.24, 2.45) is 0 Å². The van der Waals surface area contributed by atoms with Crippen molar-refractivity contribution < 1.29 is 23.0 Å². The molecule has 4 aromatic rings. The predicted octanol–water partition coefficient (Wildman–Crippen LogP) is 6.05. The number of rotatable bonds is 5. The van der Waals surface area contributed by atoms with Gasteiger partial charge in [0.05, 0.1) is 4.70 Å². The van der Waals surface area contributed by atoms with Crippen LogP contribution < -0.4 is 9.47 Å². The third kappa shape index (κ3) is 4.80. The minimum absolute atomic E-state index is 0.0653. The van der Waals surface area contributed by atoms with E-state index >= 15 is 0 Å². The number of piperidine rings is 1. The van der Waals surface area contributed by atoms with Gasteiger partial charge in [-0.05, 0) is 36.4 Å². The van der Waals surface area contributed by atoms with E-state index in [0.29, 0.717) is 52.9 Å². The van der Waals surface area contributed by atoms with Gasteiger partial charge < -0.3 is 14.4 Å². The number of ether oxygens (including phenoxy) is 2. The molecule has 0 atom stereocenters. The lowest BCUT2D eigenvalue weighted by Gasteiger charge is -2.31. The molecule has 3 aromatic carbocycles. The van der Waals surface area contributed by atoms with Crippen LogP contribution in [0.2, 0.25) is 0 Å². The molecule has 33 heavy (non-hydrogen) atoms. The Labute approximate surface area is 193 Å². The topological polar surface area (TPSA) is 51.7 Å². The number of thiazole rings is 1. The lowest BCUT2D eigenvalue weighted by atomic mass is 10.1. The number of halogens is 2. The fourth-order valence-electron chi connectivity index (χ4n) is 3.81. The quantitative estimate of drug-likeness (QED) is 0.359. The summed E-state index contributed by atoms with van der Waals surface area (Å²) in [6.45, 7) is 1.06. The average Bonchev–Trinajstić information content (AvgIpc) is 3.22. The van der Waals surface area contributed by atoms with Crippen molar-refractivity contribution in [1.29, 1.82) is 0 Å². The first-order valence-corrected chi connectivity index (χ1v) is 11.4. The molecule has 1 fully saturated rings. The first-order chi connectivity index (χ1) is 16.0. The smallest absolute Gasteiger partial charge is 0.274 e. The van der Waals surface area contributed by atoms with E-state index in [9.17, 15) is 13.6 Å². The van der Waals surface area contributed by atoms with Gasteiger partial charge in [-0.1, -0.05) is 35.6 Å². The third-order valence-electron chi connectivity index (χ3n) is 5.45. The number of para-hydroxylation sites is 1. The molecule has 5 rings (SSSR count).